The molecule has 4 heteroatoms. The highest BCUT2D eigenvalue weighted by Gasteiger charge is 2.20. The SMILES string of the molecule is NC1CCCCC1CNCc1cc(Br)cs1. The monoisotopic (exact) mass is 302 g/mol. The Bertz CT molecular complexity index is 327. The Morgan fingerprint density at radius 2 is 2.25 bits per heavy atom. The Morgan fingerprint density at radius 3 is 2.94 bits per heavy atom. The quantitative estimate of drug-likeness (QED) is 0.897. The molecule has 0 aliphatic heterocycles. The maximum Gasteiger partial charge on any atom is 0.0300 e. The van der Waals surface area contributed by atoms with E-state index in [0.29, 0.717) is 12.0 Å². The fraction of sp³-hybridized carbons (Fsp3) is 0.667. The van der Waals surface area contributed by atoms with Gasteiger partial charge in [-0.05, 0) is 47.3 Å². The van der Waals surface area contributed by atoms with E-state index < -0.39 is 0 Å². The Morgan fingerprint density at radius 1 is 1.44 bits per heavy atom. The summed E-state index contributed by atoms with van der Waals surface area (Å²) in [6.45, 7) is 2.04. The number of hydrogen-bond donors (Lipinski definition) is 2. The summed E-state index contributed by atoms with van der Waals surface area (Å²) in [6, 6.07) is 2.59. The van der Waals surface area contributed by atoms with Crippen molar-refractivity contribution in [3.8, 4) is 0 Å². The summed E-state index contributed by atoms with van der Waals surface area (Å²) in [5.41, 5.74) is 6.12. The lowest BCUT2D eigenvalue weighted by molar-refractivity contribution is 0.296. The molecule has 0 aromatic carbocycles. The molecule has 0 bridgehead atoms. The van der Waals surface area contributed by atoms with Crippen LogP contribution in [0.15, 0.2) is 15.9 Å². The molecule has 1 aliphatic carbocycles. The number of nitrogens with one attached hydrogen (secondary N) is 1. The molecule has 1 fully saturated rings. The maximum atomic E-state index is 6.12. The molecule has 2 nitrogen and oxygen atoms in total. The molecule has 0 amide bonds. The van der Waals surface area contributed by atoms with Gasteiger partial charge in [0, 0.05) is 27.3 Å². The third-order valence-corrected chi connectivity index (χ3v) is 4.99. The van der Waals surface area contributed by atoms with Crippen LogP contribution >= 0.6 is 27.3 Å². The molecule has 0 saturated heterocycles. The molecule has 2 unspecified atom stereocenters. The van der Waals surface area contributed by atoms with Crippen LogP contribution in [0.25, 0.3) is 0 Å². The van der Waals surface area contributed by atoms with Crippen molar-refractivity contribution < 1.29 is 0 Å². The lowest BCUT2D eigenvalue weighted by Crippen LogP contribution is -2.39. The Hall–Kier alpha value is 0.1000. The van der Waals surface area contributed by atoms with Crippen molar-refractivity contribution >= 4 is 27.3 Å². The van der Waals surface area contributed by atoms with Crippen LogP contribution in [0.4, 0.5) is 0 Å². The largest absolute Gasteiger partial charge is 0.327 e. The number of halogens is 1. The van der Waals surface area contributed by atoms with Gasteiger partial charge in [-0.25, -0.2) is 0 Å². The lowest BCUT2D eigenvalue weighted by atomic mass is 9.85. The third kappa shape index (κ3) is 3.55. The summed E-state index contributed by atoms with van der Waals surface area (Å²) in [7, 11) is 0. The minimum absolute atomic E-state index is 0.413. The van der Waals surface area contributed by atoms with Crippen LogP contribution < -0.4 is 11.1 Å². The summed E-state index contributed by atoms with van der Waals surface area (Å²) in [4.78, 5) is 1.39. The van der Waals surface area contributed by atoms with Crippen LogP contribution in [0.3, 0.4) is 0 Å². The third-order valence-electron chi connectivity index (χ3n) is 3.30. The molecule has 1 saturated carbocycles. The smallest absolute Gasteiger partial charge is 0.0300 e. The van der Waals surface area contributed by atoms with Gasteiger partial charge in [0.1, 0.15) is 0 Å². The van der Waals surface area contributed by atoms with Crippen molar-refractivity contribution in [2.24, 2.45) is 11.7 Å². The van der Waals surface area contributed by atoms with Crippen LogP contribution in [0, 0.1) is 5.92 Å². The van der Waals surface area contributed by atoms with Crippen molar-refractivity contribution in [3.05, 3.63) is 20.8 Å². The van der Waals surface area contributed by atoms with Gasteiger partial charge in [0.2, 0.25) is 0 Å². The van der Waals surface area contributed by atoms with E-state index in [2.05, 4.69) is 32.7 Å². The van der Waals surface area contributed by atoms with E-state index in [-0.39, 0.29) is 0 Å². The van der Waals surface area contributed by atoms with Gasteiger partial charge < -0.3 is 11.1 Å². The molecule has 90 valence electrons. The highest BCUT2D eigenvalue weighted by molar-refractivity contribution is 9.10. The summed E-state index contributed by atoms with van der Waals surface area (Å²) in [6.07, 6.45) is 5.17. The maximum absolute atomic E-state index is 6.12. The fourth-order valence-electron chi connectivity index (χ4n) is 2.32. The number of rotatable bonds is 4. The minimum atomic E-state index is 0.413. The number of thiophene rings is 1. The molecule has 1 heterocycles. The van der Waals surface area contributed by atoms with E-state index in [1.807, 2.05) is 0 Å². The molecular formula is C12H19BrN2S. The first-order valence-electron chi connectivity index (χ1n) is 5.95. The Balaban J connectivity index is 1.71. The number of hydrogen-bond acceptors (Lipinski definition) is 3. The lowest BCUT2D eigenvalue weighted by Gasteiger charge is -2.28. The van der Waals surface area contributed by atoms with E-state index in [4.69, 9.17) is 5.73 Å². The van der Waals surface area contributed by atoms with Crippen LogP contribution in [0.1, 0.15) is 30.6 Å². The van der Waals surface area contributed by atoms with E-state index in [9.17, 15) is 0 Å². The topological polar surface area (TPSA) is 38.0 Å². The molecule has 1 aliphatic rings. The summed E-state index contributed by atoms with van der Waals surface area (Å²) >= 11 is 5.27. The van der Waals surface area contributed by atoms with Gasteiger partial charge in [0.05, 0.1) is 0 Å². The minimum Gasteiger partial charge on any atom is -0.327 e. The average molecular weight is 303 g/mol. The molecule has 1 aromatic heterocycles. The second-order valence-electron chi connectivity index (χ2n) is 4.57. The van der Waals surface area contributed by atoms with Gasteiger partial charge in [-0.15, -0.1) is 11.3 Å². The van der Waals surface area contributed by atoms with Crippen molar-refractivity contribution in [3.63, 3.8) is 0 Å². The average Bonchev–Trinajstić information content (AvgIpc) is 2.67. The van der Waals surface area contributed by atoms with Crippen molar-refractivity contribution in [2.45, 2.75) is 38.3 Å². The summed E-state index contributed by atoms with van der Waals surface area (Å²) in [5, 5.41) is 5.65. The van der Waals surface area contributed by atoms with E-state index in [0.717, 1.165) is 13.1 Å². The molecular weight excluding hydrogens is 284 g/mol. The molecule has 0 radical (unpaired) electrons. The molecule has 3 N–H and O–H groups in total. The van der Waals surface area contributed by atoms with E-state index in [1.54, 1.807) is 11.3 Å². The van der Waals surface area contributed by atoms with E-state index in [1.165, 1.54) is 35.0 Å². The highest BCUT2D eigenvalue weighted by Crippen LogP contribution is 2.23. The predicted molar refractivity (Wildman–Crippen MR) is 73.7 cm³/mol. The summed E-state index contributed by atoms with van der Waals surface area (Å²) < 4.78 is 1.18. The second kappa shape index (κ2) is 6.15. The molecule has 16 heavy (non-hydrogen) atoms. The predicted octanol–water partition coefficient (Wildman–Crippen LogP) is 3.12. The zero-order valence-electron chi connectivity index (χ0n) is 9.42. The second-order valence-corrected chi connectivity index (χ2v) is 6.48. The van der Waals surface area contributed by atoms with Crippen molar-refractivity contribution in [2.75, 3.05) is 6.54 Å². The van der Waals surface area contributed by atoms with Crippen LogP contribution in [-0.4, -0.2) is 12.6 Å². The van der Waals surface area contributed by atoms with Gasteiger partial charge in [-0.3, -0.25) is 0 Å². The van der Waals surface area contributed by atoms with Crippen LogP contribution in [-0.2, 0) is 6.54 Å². The molecule has 2 atom stereocenters. The highest BCUT2D eigenvalue weighted by atomic mass is 79.9. The van der Waals surface area contributed by atoms with Crippen molar-refractivity contribution in [1.29, 1.82) is 0 Å². The first kappa shape index (κ1) is 12.6. The number of nitrogens with two attached hydrogens (primary N) is 1. The van der Waals surface area contributed by atoms with Gasteiger partial charge in [0.15, 0.2) is 0 Å². The van der Waals surface area contributed by atoms with Gasteiger partial charge in [-0.2, -0.15) is 0 Å². The summed E-state index contributed by atoms with van der Waals surface area (Å²) in [5.74, 6) is 0.678. The van der Waals surface area contributed by atoms with Gasteiger partial charge in [0.25, 0.3) is 0 Å². The fourth-order valence-corrected chi connectivity index (χ4v) is 3.74. The van der Waals surface area contributed by atoms with Gasteiger partial charge >= 0.3 is 0 Å². The van der Waals surface area contributed by atoms with Crippen LogP contribution in [0.5, 0.6) is 0 Å². The first-order valence-corrected chi connectivity index (χ1v) is 7.62. The molecule has 0 spiro atoms. The Kier molecular flexibility index (Phi) is 4.82. The normalized spacial score (nSPS) is 25.9. The Labute approximate surface area is 110 Å². The van der Waals surface area contributed by atoms with Crippen molar-refractivity contribution in [1.82, 2.24) is 5.32 Å². The molecule has 2 rings (SSSR count). The molecule has 1 aromatic rings. The standard InChI is InChI=1S/C12H19BrN2S/c13-10-5-11(16-8-10)7-15-6-9-3-1-2-4-12(9)14/h5,8-9,12,15H,1-4,6-7,14H2. The van der Waals surface area contributed by atoms with E-state index >= 15 is 0 Å². The first-order chi connectivity index (χ1) is 7.75. The van der Waals surface area contributed by atoms with Gasteiger partial charge in [-0.1, -0.05) is 12.8 Å². The zero-order valence-corrected chi connectivity index (χ0v) is 11.8. The van der Waals surface area contributed by atoms with Crippen LogP contribution in [0.2, 0.25) is 0 Å². The zero-order chi connectivity index (χ0) is 11.4.